The first kappa shape index (κ1) is 16.4. The number of rotatable bonds is 5. The van der Waals surface area contributed by atoms with Gasteiger partial charge < -0.3 is 15.7 Å². The highest BCUT2D eigenvalue weighted by atomic mass is 32.1. The van der Waals surface area contributed by atoms with Gasteiger partial charge in [-0.1, -0.05) is 24.3 Å². The van der Waals surface area contributed by atoms with Crippen molar-refractivity contribution in [3.05, 3.63) is 63.4 Å². The normalized spacial score (nSPS) is 14.8. The Hall–Kier alpha value is -2.44. The fourth-order valence-electron chi connectivity index (χ4n) is 2.77. The lowest BCUT2D eigenvalue weighted by Crippen LogP contribution is -2.42. The van der Waals surface area contributed by atoms with E-state index in [4.69, 9.17) is 10.8 Å². The third kappa shape index (κ3) is 3.72. The predicted molar refractivity (Wildman–Crippen MR) is 93.4 cm³/mol. The average Bonchev–Trinajstić information content (AvgIpc) is 3.18. The van der Waals surface area contributed by atoms with Crippen molar-refractivity contribution in [2.75, 3.05) is 0 Å². The first-order chi connectivity index (χ1) is 11.5. The lowest BCUT2D eigenvalue weighted by Gasteiger charge is -2.19. The minimum atomic E-state index is -0.981. The summed E-state index contributed by atoms with van der Waals surface area (Å²) in [5.74, 6) is -1.03. The summed E-state index contributed by atoms with van der Waals surface area (Å²) in [6.07, 6.45) is 3.10. The van der Waals surface area contributed by atoms with Crippen LogP contribution in [0.25, 0.3) is 6.08 Å². The monoisotopic (exact) mass is 342 g/mol. The van der Waals surface area contributed by atoms with E-state index < -0.39 is 12.0 Å². The van der Waals surface area contributed by atoms with Crippen LogP contribution in [-0.4, -0.2) is 27.9 Å². The van der Waals surface area contributed by atoms with Gasteiger partial charge >= 0.3 is 5.97 Å². The van der Waals surface area contributed by atoms with E-state index in [-0.39, 0.29) is 5.91 Å². The Morgan fingerprint density at radius 2 is 1.88 bits per heavy atom. The van der Waals surface area contributed by atoms with E-state index in [0.717, 1.165) is 15.8 Å². The van der Waals surface area contributed by atoms with Gasteiger partial charge in [0, 0.05) is 35.3 Å². The molecule has 3 rings (SSSR count). The zero-order valence-corrected chi connectivity index (χ0v) is 13.8. The number of carbonyl (C=O) groups excluding carboxylic acids is 1. The molecule has 0 radical (unpaired) electrons. The van der Waals surface area contributed by atoms with Crippen LogP contribution in [0, 0.1) is 0 Å². The Labute approximate surface area is 144 Å². The van der Waals surface area contributed by atoms with Crippen molar-refractivity contribution in [3.8, 4) is 0 Å². The Balaban J connectivity index is 1.60. The summed E-state index contributed by atoms with van der Waals surface area (Å²) in [7, 11) is 0. The average molecular weight is 342 g/mol. The highest BCUT2D eigenvalue weighted by Crippen LogP contribution is 2.24. The lowest BCUT2D eigenvalue weighted by molar-refractivity contribution is -0.133. The Morgan fingerprint density at radius 1 is 1.21 bits per heavy atom. The molecule has 1 aromatic carbocycles. The fraction of sp³-hybridized carbons (Fsp3) is 0.222. The van der Waals surface area contributed by atoms with Gasteiger partial charge in [-0.15, -0.1) is 11.3 Å². The quantitative estimate of drug-likeness (QED) is 0.817. The molecule has 1 amide bonds. The summed E-state index contributed by atoms with van der Waals surface area (Å²) in [6.45, 7) is 1.22. The molecule has 0 unspecified atom stereocenters. The van der Waals surface area contributed by atoms with Gasteiger partial charge in [0.2, 0.25) is 5.91 Å². The molecule has 24 heavy (non-hydrogen) atoms. The summed E-state index contributed by atoms with van der Waals surface area (Å²) in [4.78, 5) is 26.7. The van der Waals surface area contributed by atoms with E-state index in [2.05, 4.69) is 0 Å². The number of thiophene rings is 1. The summed E-state index contributed by atoms with van der Waals surface area (Å²) < 4.78 is 0. The number of benzene rings is 1. The van der Waals surface area contributed by atoms with Crippen LogP contribution in [0.2, 0.25) is 0 Å². The van der Waals surface area contributed by atoms with E-state index in [9.17, 15) is 9.59 Å². The van der Waals surface area contributed by atoms with Crippen LogP contribution < -0.4 is 5.73 Å². The van der Waals surface area contributed by atoms with Gasteiger partial charge in [0.15, 0.2) is 0 Å². The topological polar surface area (TPSA) is 83.6 Å². The molecule has 3 N–H and O–H groups in total. The Morgan fingerprint density at radius 3 is 2.50 bits per heavy atom. The first-order valence-electron chi connectivity index (χ1n) is 7.64. The van der Waals surface area contributed by atoms with E-state index >= 15 is 0 Å². The second kappa shape index (κ2) is 6.98. The van der Waals surface area contributed by atoms with Crippen molar-refractivity contribution in [2.24, 2.45) is 5.73 Å². The van der Waals surface area contributed by atoms with Crippen molar-refractivity contribution in [2.45, 2.75) is 25.6 Å². The number of nitrogens with two attached hydrogens (primary N) is 1. The summed E-state index contributed by atoms with van der Waals surface area (Å²) in [5.41, 5.74) is 8.45. The number of amides is 1. The second-order valence-corrected chi connectivity index (χ2v) is 6.95. The number of hydrogen-bond donors (Lipinski definition) is 2. The molecule has 5 nitrogen and oxygen atoms in total. The standard InChI is InChI=1S/C18H18N2O3S/c19-16(9-15-6-5-14(24-15)7-8-17(21)22)18(23)20-10-12-3-1-2-4-13(12)11-20/h1-8,16H,9-11,19H2,(H,21,22)/b8-7+/t16-/m1/s1. The number of nitrogens with zero attached hydrogens (tertiary/aromatic N) is 1. The van der Waals surface area contributed by atoms with E-state index in [0.29, 0.717) is 19.5 Å². The highest BCUT2D eigenvalue weighted by Gasteiger charge is 2.27. The SMILES string of the molecule is N[C@H](Cc1ccc(/C=C/C(=O)O)s1)C(=O)N1Cc2ccccc2C1. The predicted octanol–water partition coefficient (Wildman–Crippen LogP) is 2.26. The molecule has 1 aromatic heterocycles. The molecular weight excluding hydrogens is 324 g/mol. The molecule has 1 aliphatic rings. The largest absolute Gasteiger partial charge is 0.478 e. The number of fused-ring (bicyclic) bond motifs is 1. The number of carbonyl (C=O) groups is 2. The molecule has 0 aliphatic carbocycles. The van der Waals surface area contributed by atoms with Gasteiger partial charge in [-0.25, -0.2) is 4.79 Å². The van der Waals surface area contributed by atoms with Crippen molar-refractivity contribution in [3.63, 3.8) is 0 Å². The van der Waals surface area contributed by atoms with Gasteiger partial charge in [0.05, 0.1) is 6.04 Å². The molecule has 1 aliphatic heterocycles. The van der Waals surface area contributed by atoms with E-state index in [1.165, 1.54) is 22.5 Å². The van der Waals surface area contributed by atoms with Crippen molar-refractivity contribution >= 4 is 29.3 Å². The van der Waals surface area contributed by atoms with Crippen LogP contribution in [0.15, 0.2) is 42.5 Å². The van der Waals surface area contributed by atoms with Gasteiger partial charge in [-0.2, -0.15) is 0 Å². The van der Waals surface area contributed by atoms with Gasteiger partial charge in [0.1, 0.15) is 0 Å². The molecular formula is C18H18N2O3S. The van der Waals surface area contributed by atoms with E-state index in [1.54, 1.807) is 11.0 Å². The maximum Gasteiger partial charge on any atom is 0.328 e. The van der Waals surface area contributed by atoms with Crippen LogP contribution in [0.4, 0.5) is 0 Å². The molecule has 124 valence electrons. The van der Waals surface area contributed by atoms with Crippen LogP contribution in [0.1, 0.15) is 20.9 Å². The minimum Gasteiger partial charge on any atom is -0.478 e. The van der Waals surface area contributed by atoms with Gasteiger partial charge in [-0.05, 0) is 29.3 Å². The first-order valence-corrected chi connectivity index (χ1v) is 8.45. The smallest absolute Gasteiger partial charge is 0.328 e. The number of hydrogen-bond acceptors (Lipinski definition) is 4. The molecule has 2 aromatic rings. The Kier molecular flexibility index (Phi) is 4.78. The number of aliphatic carboxylic acids is 1. The number of carboxylic acids is 1. The summed E-state index contributed by atoms with van der Waals surface area (Å²) in [5, 5.41) is 8.64. The molecule has 2 heterocycles. The Bertz CT molecular complexity index is 772. The molecule has 1 atom stereocenters. The van der Waals surface area contributed by atoms with Crippen LogP contribution in [0.3, 0.4) is 0 Å². The number of carboxylic acid groups (broad SMARTS) is 1. The van der Waals surface area contributed by atoms with Crippen molar-refractivity contribution in [1.29, 1.82) is 0 Å². The van der Waals surface area contributed by atoms with Crippen LogP contribution in [-0.2, 0) is 29.1 Å². The van der Waals surface area contributed by atoms with Crippen molar-refractivity contribution in [1.82, 2.24) is 4.90 Å². The molecule has 0 bridgehead atoms. The minimum absolute atomic E-state index is 0.0535. The van der Waals surface area contributed by atoms with Crippen molar-refractivity contribution < 1.29 is 14.7 Å². The summed E-state index contributed by atoms with van der Waals surface area (Å²) in [6, 6.07) is 11.2. The molecule has 6 heteroatoms. The summed E-state index contributed by atoms with van der Waals surface area (Å²) >= 11 is 1.45. The fourth-order valence-corrected chi connectivity index (χ4v) is 3.75. The molecule has 0 saturated carbocycles. The second-order valence-electron chi connectivity index (χ2n) is 5.75. The maximum absolute atomic E-state index is 12.6. The highest BCUT2D eigenvalue weighted by molar-refractivity contribution is 7.12. The zero-order valence-electron chi connectivity index (χ0n) is 13.0. The maximum atomic E-state index is 12.6. The molecule has 0 saturated heterocycles. The van der Waals surface area contributed by atoms with Gasteiger partial charge in [-0.3, -0.25) is 4.79 Å². The third-order valence-electron chi connectivity index (χ3n) is 3.96. The van der Waals surface area contributed by atoms with Gasteiger partial charge in [0.25, 0.3) is 0 Å². The molecule has 0 spiro atoms. The van der Waals surface area contributed by atoms with Crippen LogP contribution in [0.5, 0.6) is 0 Å². The van der Waals surface area contributed by atoms with E-state index in [1.807, 2.05) is 36.4 Å². The zero-order chi connectivity index (χ0) is 17.1. The van der Waals surface area contributed by atoms with Crippen LogP contribution >= 0.6 is 11.3 Å². The lowest BCUT2D eigenvalue weighted by atomic mass is 10.1. The third-order valence-corrected chi connectivity index (χ3v) is 5.04. The molecule has 0 fully saturated rings.